The Bertz CT molecular complexity index is 1050. The summed E-state index contributed by atoms with van der Waals surface area (Å²) < 4.78 is 11.2. The highest BCUT2D eigenvalue weighted by Gasteiger charge is 2.14. The number of hydrazine groups is 1. The molecule has 3 aromatic rings. The maximum Gasteiger partial charge on any atom is 0.276 e. The molecule has 0 atom stereocenters. The summed E-state index contributed by atoms with van der Waals surface area (Å²) in [6, 6.07) is 22.6. The van der Waals surface area contributed by atoms with Crippen LogP contribution >= 0.6 is 0 Å². The smallest absolute Gasteiger partial charge is 0.276 e. The number of carbonyl (C=O) groups is 2. The molecule has 2 N–H and O–H groups in total. The molecular weight excluding hydrogens is 392 g/mol. The minimum absolute atomic E-state index is 0.214. The first-order valence-electron chi connectivity index (χ1n) is 10.3. The van der Waals surface area contributed by atoms with Crippen molar-refractivity contribution in [2.45, 2.75) is 25.9 Å². The lowest BCUT2D eigenvalue weighted by molar-refractivity contribution is -0.123. The summed E-state index contributed by atoms with van der Waals surface area (Å²) >= 11 is 0. The fraction of sp³-hybridized carbons (Fsp3) is 0.200. The van der Waals surface area contributed by atoms with E-state index < -0.39 is 5.91 Å². The molecule has 0 heterocycles. The summed E-state index contributed by atoms with van der Waals surface area (Å²) in [5, 5.41) is 0. The van der Waals surface area contributed by atoms with Gasteiger partial charge in [-0.1, -0.05) is 36.4 Å². The zero-order valence-electron chi connectivity index (χ0n) is 17.1. The van der Waals surface area contributed by atoms with Crippen molar-refractivity contribution in [3.8, 4) is 11.5 Å². The van der Waals surface area contributed by atoms with Gasteiger partial charge in [0, 0.05) is 5.56 Å². The Hall–Kier alpha value is -3.80. The zero-order chi connectivity index (χ0) is 21.5. The van der Waals surface area contributed by atoms with Crippen LogP contribution in [0.3, 0.4) is 0 Å². The number of aryl methyl sites for hydroxylation is 2. The van der Waals surface area contributed by atoms with Crippen molar-refractivity contribution in [3.63, 3.8) is 0 Å². The summed E-state index contributed by atoms with van der Waals surface area (Å²) in [6.07, 6.45) is 3.17. The molecule has 0 spiro atoms. The summed E-state index contributed by atoms with van der Waals surface area (Å²) in [4.78, 5) is 24.2. The van der Waals surface area contributed by atoms with Crippen LogP contribution in [0.15, 0.2) is 72.8 Å². The predicted octanol–water partition coefficient (Wildman–Crippen LogP) is 3.59. The van der Waals surface area contributed by atoms with Crippen LogP contribution < -0.4 is 20.3 Å². The Labute approximate surface area is 181 Å². The van der Waals surface area contributed by atoms with Crippen molar-refractivity contribution in [2.75, 3.05) is 6.61 Å². The van der Waals surface area contributed by atoms with E-state index in [0.717, 1.165) is 24.8 Å². The van der Waals surface area contributed by atoms with E-state index in [-0.39, 0.29) is 12.5 Å². The third kappa shape index (κ3) is 5.63. The molecule has 0 bridgehead atoms. The van der Waals surface area contributed by atoms with Crippen LogP contribution in [-0.2, 0) is 24.2 Å². The van der Waals surface area contributed by atoms with Gasteiger partial charge < -0.3 is 9.47 Å². The predicted molar refractivity (Wildman–Crippen MR) is 117 cm³/mol. The van der Waals surface area contributed by atoms with Crippen molar-refractivity contribution < 1.29 is 19.1 Å². The van der Waals surface area contributed by atoms with Gasteiger partial charge >= 0.3 is 0 Å². The Morgan fingerprint density at radius 1 is 0.774 bits per heavy atom. The molecular formula is C25H24N2O4. The molecule has 0 unspecified atom stereocenters. The van der Waals surface area contributed by atoms with E-state index in [9.17, 15) is 9.59 Å². The second kappa shape index (κ2) is 9.80. The maximum absolute atomic E-state index is 12.2. The van der Waals surface area contributed by atoms with Gasteiger partial charge in [0.05, 0.1) is 0 Å². The lowest BCUT2D eigenvalue weighted by atomic mass is 10.1. The third-order valence-corrected chi connectivity index (χ3v) is 5.12. The summed E-state index contributed by atoms with van der Waals surface area (Å²) in [5.41, 5.74) is 8.93. The number of ether oxygens (including phenoxy) is 2. The second-order valence-corrected chi connectivity index (χ2v) is 7.37. The number of hydrogen-bond donors (Lipinski definition) is 2. The van der Waals surface area contributed by atoms with E-state index in [1.54, 1.807) is 30.3 Å². The SMILES string of the molecule is O=C(COc1ccc(OCc2ccccc2)cc1)NNC(=O)c1ccc2c(c1)CCC2. The maximum atomic E-state index is 12.2. The minimum Gasteiger partial charge on any atom is -0.489 e. The number of rotatable bonds is 7. The number of hydrogen-bond acceptors (Lipinski definition) is 4. The van der Waals surface area contributed by atoms with Crippen molar-refractivity contribution in [1.29, 1.82) is 0 Å². The highest BCUT2D eigenvalue weighted by Crippen LogP contribution is 2.22. The molecule has 0 aromatic heterocycles. The molecule has 0 saturated heterocycles. The molecule has 6 heteroatoms. The Balaban J connectivity index is 1.19. The third-order valence-electron chi connectivity index (χ3n) is 5.12. The number of fused-ring (bicyclic) bond motifs is 1. The number of benzene rings is 3. The van der Waals surface area contributed by atoms with Gasteiger partial charge in [0.1, 0.15) is 18.1 Å². The average Bonchev–Trinajstić information content (AvgIpc) is 3.29. The minimum atomic E-state index is -0.445. The van der Waals surface area contributed by atoms with Crippen LogP contribution in [0.2, 0.25) is 0 Å². The van der Waals surface area contributed by atoms with Crippen LogP contribution in [0.5, 0.6) is 11.5 Å². The number of carbonyl (C=O) groups excluding carboxylic acids is 2. The van der Waals surface area contributed by atoms with Crippen LogP contribution in [-0.4, -0.2) is 18.4 Å². The molecule has 0 radical (unpaired) electrons. The monoisotopic (exact) mass is 416 g/mol. The van der Waals surface area contributed by atoms with Crippen LogP contribution in [0.4, 0.5) is 0 Å². The standard InChI is InChI=1S/C25H24N2O4/c28-24(26-27-25(29)21-10-9-19-7-4-8-20(19)15-21)17-31-23-13-11-22(12-14-23)30-16-18-5-2-1-3-6-18/h1-3,5-6,9-15H,4,7-8,16-17H2,(H,26,28)(H,27,29). The number of nitrogens with one attached hydrogen (secondary N) is 2. The molecule has 6 nitrogen and oxygen atoms in total. The first kappa shape index (κ1) is 20.5. The van der Waals surface area contributed by atoms with Gasteiger partial charge in [-0.15, -0.1) is 0 Å². The first-order valence-corrected chi connectivity index (χ1v) is 10.3. The topological polar surface area (TPSA) is 76.7 Å². The summed E-state index contributed by atoms with van der Waals surface area (Å²) in [6.45, 7) is 0.266. The van der Waals surface area contributed by atoms with Gasteiger partial charge in [0.2, 0.25) is 0 Å². The molecule has 0 saturated carbocycles. The lowest BCUT2D eigenvalue weighted by Crippen LogP contribution is -2.43. The van der Waals surface area contributed by atoms with Gasteiger partial charge in [0.15, 0.2) is 6.61 Å². The highest BCUT2D eigenvalue weighted by atomic mass is 16.5. The van der Waals surface area contributed by atoms with Crippen molar-refractivity contribution >= 4 is 11.8 Å². The normalized spacial score (nSPS) is 12.0. The lowest BCUT2D eigenvalue weighted by Gasteiger charge is -2.10. The average molecular weight is 416 g/mol. The van der Waals surface area contributed by atoms with E-state index in [1.165, 1.54) is 11.1 Å². The molecule has 0 aliphatic heterocycles. The molecule has 158 valence electrons. The quantitative estimate of drug-likeness (QED) is 0.577. The van der Waals surface area contributed by atoms with E-state index >= 15 is 0 Å². The van der Waals surface area contributed by atoms with Gasteiger partial charge in [-0.05, 0) is 72.4 Å². The Morgan fingerprint density at radius 3 is 2.26 bits per heavy atom. The fourth-order valence-electron chi connectivity index (χ4n) is 3.47. The van der Waals surface area contributed by atoms with E-state index in [0.29, 0.717) is 23.7 Å². The molecule has 1 aliphatic rings. The number of amides is 2. The zero-order valence-corrected chi connectivity index (χ0v) is 17.1. The first-order chi connectivity index (χ1) is 15.2. The molecule has 0 fully saturated rings. The Morgan fingerprint density at radius 2 is 1.48 bits per heavy atom. The largest absolute Gasteiger partial charge is 0.489 e. The van der Waals surface area contributed by atoms with Gasteiger partial charge in [-0.3, -0.25) is 20.4 Å². The summed E-state index contributed by atoms with van der Waals surface area (Å²) in [5.74, 6) is 0.455. The van der Waals surface area contributed by atoms with Crippen LogP contribution in [0, 0.1) is 0 Å². The Kier molecular flexibility index (Phi) is 6.47. The van der Waals surface area contributed by atoms with Crippen LogP contribution in [0.1, 0.15) is 33.5 Å². The van der Waals surface area contributed by atoms with E-state index in [4.69, 9.17) is 9.47 Å². The van der Waals surface area contributed by atoms with E-state index in [1.807, 2.05) is 42.5 Å². The fourth-order valence-corrected chi connectivity index (χ4v) is 3.47. The van der Waals surface area contributed by atoms with Crippen LogP contribution in [0.25, 0.3) is 0 Å². The van der Waals surface area contributed by atoms with Gasteiger partial charge in [-0.25, -0.2) is 0 Å². The molecule has 31 heavy (non-hydrogen) atoms. The second-order valence-electron chi connectivity index (χ2n) is 7.37. The molecule has 1 aliphatic carbocycles. The summed E-state index contributed by atoms with van der Waals surface area (Å²) in [7, 11) is 0. The van der Waals surface area contributed by atoms with E-state index in [2.05, 4.69) is 10.9 Å². The highest BCUT2D eigenvalue weighted by molar-refractivity contribution is 5.95. The molecule has 2 amide bonds. The van der Waals surface area contributed by atoms with Gasteiger partial charge in [0.25, 0.3) is 11.8 Å². The van der Waals surface area contributed by atoms with Crippen molar-refractivity contribution in [2.24, 2.45) is 0 Å². The van der Waals surface area contributed by atoms with Crippen molar-refractivity contribution in [1.82, 2.24) is 10.9 Å². The molecule has 4 rings (SSSR count). The van der Waals surface area contributed by atoms with Crippen molar-refractivity contribution in [3.05, 3.63) is 95.1 Å². The van der Waals surface area contributed by atoms with Gasteiger partial charge in [-0.2, -0.15) is 0 Å². The molecule has 3 aromatic carbocycles.